The van der Waals surface area contributed by atoms with E-state index in [-0.39, 0.29) is 24.2 Å². The Hall–Kier alpha value is -2.20. The maximum Gasteiger partial charge on any atom is 0.223 e. The number of hydrogen-bond acceptors (Lipinski definition) is 2. The minimum absolute atomic E-state index is 0.107. The van der Waals surface area contributed by atoms with Crippen LogP contribution in [0.5, 0.6) is 0 Å². The number of aliphatic hydroxyl groups is 1. The van der Waals surface area contributed by atoms with E-state index in [4.69, 9.17) is 0 Å². The van der Waals surface area contributed by atoms with Gasteiger partial charge in [-0.1, -0.05) is 49.4 Å². The van der Waals surface area contributed by atoms with E-state index in [9.17, 15) is 14.3 Å². The number of benzene rings is 2. The van der Waals surface area contributed by atoms with Gasteiger partial charge >= 0.3 is 0 Å². The Morgan fingerprint density at radius 3 is 2.57 bits per heavy atom. The summed E-state index contributed by atoms with van der Waals surface area (Å²) in [7, 11) is 0. The summed E-state index contributed by atoms with van der Waals surface area (Å²) < 4.78 is 13.1. The largest absolute Gasteiger partial charge is 0.394 e. The zero-order valence-electron chi connectivity index (χ0n) is 13.2. The smallest absolute Gasteiger partial charge is 0.223 e. The van der Waals surface area contributed by atoms with Crippen LogP contribution in [-0.2, 0) is 11.2 Å². The van der Waals surface area contributed by atoms with Crippen molar-refractivity contribution in [2.45, 2.75) is 25.8 Å². The molecule has 0 fully saturated rings. The van der Waals surface area contributed by atoms with Crippen molar-refractivity contribution in [3.05, 3.63) is 71.5 Å². The van der Waals surface area contributed by atoms with Crippen molar-refractivity contribution in [1.29, 1.82) is 0 Å². The summed E-state index contributed by atoms with van der Waals surface area (Å²) in [5.74, 6) is -0.579. The third-order valence-electron chi connectivity index (χ3n) is 3.90. The molecular formula is C19H22FNO2. The predicted molar refractivity (Wildman–Crippen MR) is 88.3 cm³/mol. The van der Waals surface area contributed by atoms with Crippen molar-refractivity contribution in [2.24, 2.45) is 5.92 Å². The maximum absolute atomic E-state index is 13.1. The molecule has 0 spiro atoms. The van der Waals surface area contributed by atoms with E-state index in [2.05, 4.69) is 5.32 Å². The molecule has 0 bridgehead atoms. The molecule has 122 valence electrons. The lowest BCUT2D eigenvalue weighted by Crippen LogP contribution is -2.34. The van der Waals surface area contributed by atoms with Gasteiger partial charge < -0.3 is 10.4 Å². The van der Waals surface area contributed by atoms with Gasteiger partial charge in [0.05, 0.1) is 12.6 Å². The standard InChI is InChI=1S/C19H22FNO2/c1-14(10-11-15-6-5-9-17(20)12-15)19(23)21-18(13-22)16-7-3-2-4-8-16/h2-9,12,14,18,22H,10-11,13H2,1H3,(H,21,23)/t14?,18-/m1/s1. The highest BCUT2D eigenvalue weighted by Crippen LogP contribution is 2.15. The van der Waals surface area contributed by atoms with Crippen LogP contribution in [-0.4, -0.2) is 17.6 Å². The molecule has 23 heavy (non-hydrogen) atoms. The van der Waals surface area contributed by atoms with Gasteiger partial charge in [-0.15, -0.1) is 0 Å². The second-order valence-electron chi connectivity index (χ2n) is 5.72. The summed E-state index contributed by atoms with van der Waals surface area (Å²) in [6.45, 7) is 1.69. The van der Waals surface area contributed by atoms with Crippen LogP contribution in [0, 0.1) is 11.7 Å². The van der Waals surface area contributed by atoms with Gasteiger partial charge in [0.25, 0.3) is 0 Å². The Labute approximate surface area is 136 Å². The molecule has 0 radical (unpaired) electrons. The van der Waals surface area contributed by atoms with E-state index in [1.807, 2.05) is 43.3 Å². The Bertz CT molecular complexity index is 630. The number of hydrogen-bond donors (Lipinski definition) is 2. The summed E-state index contributed by atoms with van der Waals surface area (Å²) in [5.41, 5.74) is 1.76. The molecule has 2 atom stereocenters. The molecular weight excluding hydrogens is 293 g/mol. The lowest BCUT2D eigenvalue weighted by molar-refractivity contribution is -0.125. The number of aliphatic hydroxyl groups excluding tert-OH is 1. The van der Waals surface area contributed by atoms with Crippen molar-refractivity contribution in [2.75, 3.05) is 6.61 Å². The quantitative estimate of drug-likeness (QED) is 0.824. The van der Waals surface area contributed by atoms with Gasteiger partial charge in [0.15, 0.2) is 0 Å². The minimum Gasteiger partial charge on any atom is -0.394 e. The lowest BCUT2D eigenvalue weighted by Gasteiger charge is -2.19. The number of amides is 1. The van der Waals surface area contributed by atoms with Crippen LogP contribution in [0.1, 0.15) is 30.5 Å². The first kappa shape index (κ1) is 17.2. The van der Waals surface area contributed by atoms with E-state index in [1.165, 1.54) is 12.1 Å². The number of carbonyl (C=O) groups excluding carboxylic acids is 1. The normalized spacial score (nSPS) is 13.3. The maximum atomic E-state index is 13.1. The van der Waals surface area contributed by atoms with Crippen molar-refractivity contribution >= 4 is 5.91 Å². The lowest BCUT2D eigenvalue weighted by atomic mass is 9.99. The van der Waals surface area contributed by atoms with Gasteiger partial charge in [-0.05, 0) is 36.1 Å². The van der Waals surface area contributed by atoms with Crippen molar-refractivity contribution < 1.29 is 14.3 Å². The fourth-order valence-electron chi connectivity index (χ4n) is 2.44. The summed E-state index contributed by atoms with van der Waals surface area (Å²) >= 11 is 0. The van der Waals surface area contributed by atoms with Gasteiger partial charge in [0, 0.05) is 5.92 Å². The molecule has 0 aromatic heterocycles. The Balaban J connectivity index is 1.89. The molecule has 0 heterocycles. The van der Waals surface area contributed by atoms with Crippen molar-refractivity contribution in [3.8, 4) is 0 Å². The van der Waals surface area contributed by atoms with E-state index in [1.54, 1.807) is 6.07 Å². The number of halogens is 1. The Kier molecular flexibility index (Phi) is 6.29. The SMILES string of the molecule is CC(CCc1cccc(F)c1)C(=O)N[C@H](CO)c1ccccc1. The highest BCUT2D eigenvalue weighted by atomic mass is 19.1. The Morgan fingerprint density at radius 1 is 1.17 bits per heavy atom. The zero-order chi connectivity index (χ0) is 16.7. The third-order valence-corrected chi connectivity index (χ3v) is 3.90. The van der Waals surface area contributed by atoms with Crippen LogP contribution >= 0.6 is 0 Å². The first-order valence-electron chi connectivity index (χ1n) is 7.80. The molecule has 0 aliphatic carbocycles. The van der Waals surface area contributed by atoms with Crippen LogP contribution in [0.3, 0.4) is 0 Å². The number of carbonyl (C=O) groups is 1. The third kappa shape index (κ3) is 5.18. The molecule has 1 unspecified atom stereocenters. The monoisotopic (exact) mass is 315 g/mol. The van der Waals surface area contributed by atoms with E-state index >= 15 is 0 Å². The van der Waals surface area contributed by atoms with Gasteiger partial charge in [-0.3, -0.25) is 4.79 Å². The molecule has 0 aliphatic heterocycles. The molecule has 4 heteroatoms. The molecule has 1 amide bonds. The van der Waals surface area contributed by atoms with Crippen LogP contribution in [0.4, 0.5) is 4.39 Å². The van der Waals surface area contributed by atoms with Crippen LogP contribution in [0.2, 0.25) is 0 Å². The molecule has 2 rings (SSSR count). The predicted octanol–water partition coefficient (Wildman–Crippen LogP) is 3.24. The average Bonchev–Trinajstić information content (AvgIpc) is 2.58. The van der Waals surface area contributed by atoms with Gasteiger partial charge in [0.1, 0.15) is 5.82 Å². The number of aryl methyl sites for hydroxylation is 1. The molecule has 2 aromatic rings. The van der Waals surface area contributed by atoms with Gasteiger partial charge in [0.2, 0.25) is 5.91 Å². The molecule has 0 saturated heterocycles. The van der Waals surface area contributed by atoms with Gasteiger partial charge in [-0.25, -0.2) is 4.39 Å². The number of nitrogens with one attached hydrogen (secondary N) is 1. The average molecular weight is 315 g/mol. The van der Waals surface area contributed by atoms with Crippen LogP contribution in [0.15, 0.2) is 54.6 Å². The highest BCUT2D eigenvalue weighted by Gasteiger charge is 2.18. The fraction of sp³-hybridized carbons (Fsp3) is 0.316. The minimum atomic E-state index is -0.402. The fourth-order valence-corrected chi connectivity index (χ4v) is 2.44. The van der Waals surface area contributed by atoms with Crippen LogP contribution < -0.4 is 5.32 Å². The van der Waals surface area contributed by atoms with Gasteiger partial charge in [-0.2, -0.15) is 0 Å². The second kappa shape index (κ2) is 8.44. The molecule has 2 aromatic carbocycles. The number of rotatable bonds is 7. The van der Waals surface area contributed by atoms with Crippen LogP contribution in [0.25, 0.3) is 0 Å². The Morgan fingerprint density at radius 2 is 1.91 bits per heavy atom. The van der Waals surface area contributed by atoms with E-state index in [0.717, 1.165) is 11.1 Å². The molecule has 0 saturated carbocycles. The zero-order valence-corrected chi connectivity index (χ0v) is 13.2. The first-order chi connectivity index (χ1) is 11.1. The first-order valence-corrected chi connectivity index (χ1v) is 7.80. The van der Waals surface area contributed by atoms with E-state index in [0.29, 0.717) is 12.8 Å². The van der Waals surface area contributed by atoms with Crippen molar-refractivity contribution in [3.63, 3.8) is 0 Å². The summed E-state index contributed by atoms with van der Waals surface area (Å²) in [6.07, 6.45) is 1.27. The summed E-state index contributed by atoms with van der Waals surface area (Å²) in [6, 6.07) is 15.4. The molecule has 3 nitrogen and oxygen atoms in total. The molecule has 2 N–H and O–H groups in total. The molecule has 0 aliphatic rings. The summed E-state index contributed by atoms with van der Waals surface area (Å²) in [5, 5.41) is 12.4. The second-order valence-corrected chi connectivity index (χ2v) is 5.72. The van der Waals surface area contributed by atoms with Crippen molar-refractivity contribution in [1.82, 2.24) is 5.32 Å². The van der Waals surface area contributed by atoms with E-state index < -0.39 is 6.04 Å². The topological polar surface area (TPSA) is 49.3 Å². The highest BCUT2D eigenvalue weighted by molar-refractivity contribution is 5.78. The summed E-state index contributed by atoms with van der Waals surface area (Å²) in [4.78, 5) is 12.3.